The standard InChI is InChI=1S/C11H20O2/c1-4-11(8-10(12)13-3)6-5-9(2)7-11/h9H,4-8H2,1-3H3/t9?,11-/m0/s1. The summed E-state index contributed by atoms with van der Waals surface area (Å²) in [5.74, 6) is 0.737. The Balaban J connectivity index is 2.55. The van der Waals surface area contributed by atoms with Crippen LogP contribution in [-0.2, 0) is 9.53 Å². The van der Waals surface area contributed by atoms with E-state index in [0.717, 1.165) is 12.3 Å². The van der Waals surface area contributed by atoms with E-state index in [0.29, 0.717) is 6.42 Å². The van der Waals surface area contributed by atoms with Crippen molar-refractivity contribution < 1.29 is 9.53 Å². The Morgan fingerprint density at radius 2 is 2.31 bits per heavy atom. The van der Waals surface area contributed by atoms with Gasteiger partial charge in [-0.1, -0.05) is 20.3 Å². The molecule has 1 saturated carbocycles. The molecule has 0 saturated heterocycles. The number of rotatable bonds is 3. The maximum atomic E-state index is 11.2. The summed E-state index contributed by atoms with van der Waals surface area (Å²) in [6, 6.07) is 0. The average molecular weight is 184 g/mol. The highest BCUT2D eigenvalue weighted by molar-refractivity contribution is 5.70. The van der Waals surface area contributed by atoms with Gasteiger partial charge in [0.15, 0.2) is 0 Å². The van der Waals surface area contributed by atoms with E-state index in [1.165, 1.54) is 26.4 Å². The predicted molar refractivity (Wildman–Crippen MR) is 52.4 cm³/mol. The molecule has 13 heavy (non-hydrogen) atoms. The molecule has 0 amide bonds. The van der Waals surface area contributed by atoms with E-state index in [2.05, 4.69) is 13.8 Å². The molecule has 0 aromatic rings. The van der Waals surface area contributed by atoms with Crippen molar-refractivity contribution in [2.75, 3.05) is 7.11 Å². The Bertz CT molecular complexity index is 189. The van der Waals surface area contributed by atoms with Crippen molar-refractivity contribution in [1.82, 2.24) is 0 Å². The van der Waals surface area contributed by atoms with Crippen LogP contribution in [0.15, 0.2) is 0 Å². The van der Waals surface area contributed by atoms with Crippen LogP contribution in [0.4, 0.5) is 0 Å². The predicted octanol–water partition coefficient (Wildman–Crippen LogP) is 2.77. The molecule has 0 heterocycles. The summed E-state index contributed by atoms with van der Waals surface area (Å²) in [6.45, 7) is 4.45. The van der Waals surface area contributed by atoms with Crippen molar-refractivity contribution >= 4 is 5.97 Å². The lowest BCUT2D eigenvalue weighted by atomic mass is 9.79. The minimum absolute atomic E-state index is 0.0454. The van der Waals surface area contributed by atoms with Crippen LogP contribution in [0, 0.1) is 11.3 Å². The summed E-state index contributed by atoms with van der Waals surface area (Å²) in [4.78, 5) is 11.2. The van der Waals surface area contributed by atoms with Crippen LogP contribution in [0.5, 0.6) is 0 Å². The van der Waals surface area contributed by atoms with Crippen LogP contribution in [0.2, 0.25) is 0 Å². The molecule has 0 spiro atoms. The first-order valence-corrected chi connectivity index (χ1v) is 5.19. The Hall–Kier alpha value is -0.530. The van der Waals surface area contributed by atoms with Gasteiger partial charge in [-0.2, -0.15) is 0 Å². The second kappa shape index (κ2) is 4.12. The zero-order valence-electron chi connectivity index (χ0n) is 8.93. The molecule has 0 aromatic heterocycles. The molecule has 1 aliphatic carbocycles. The molecule has 0 radical (unpaired) electrons. The lowest BCUT2D eigenvalue weighted by Gasteiger charge is -2.26. The van der Waals surface area contributed by atoms with Crippen molar-refractivity contribution in [2.24, 2.45) is 11.3 Å². The number of ether oxygens (including phenoxy) is 1. The van der Waals surface area contributed by atoms with Gasteiger partial charge < -0.3 is 4.74 Å². The molecule has 0 aliphatic heterocycles. The fourth-order valence-electron chi connectivity index (χ4n) is 2.48. The zero-order chi connectivity index (χ0) is 9.90. The topological polar surface area (TPSA) is 26.3 Å². The van der Waals surface area contributed by atoms with Crippen molar-refractivity contribution in [1.29, 1.82) is 0 Å². The van der Waals surface area contributed by atoms with Gasteiger partial charge >= 0.3 is 5.97 Å². The fraction of sp³-hybridized carbons (Fsp3) is 0.909. The zero-order valence-corrected chi connectivity index (χ0v) is 8.93. The number of esters is 1. The van der Waals surface area contributed by atoms with Crippen molar-refractivity contribution in [3.63, 3.8) is 0 Å². The molecule has 2 heteroatoms. The summed E-state index contributed by atoms with van der Waals surface area (Å²) in [5, 5.41) is 0. The van der Waals surface area contributed by atoms with Crippen molar-refractivity contribution in [2.45, 2.75) is 46.0 Å². The summed E-state index contributed by atoms with van der Waals surface area (Å²) in [7, 11) is 1.48. The fourth-order valence-corrected chi connectivity index (χ4v) is 2.48. The Morgan fingerprint density at radius 3 is 2.69 bits per heavy atom. The van der Waals surface area contributed by atoms with E-state index in [4.69, 9.17) is 4.74 Å². The molecule has 1 aliphatic rings. The lowest BCUT2D eigenvalue weighted by molar-refractivity contribution is -0.143. The highest BCUT2D eigenvalue weighted by atomic mass is 16.5. The first-order chi connectivity index (χ1) is 6.12. The number of carbonyl (C=O) groups excluding carboxylic acids is 1. The largest absolute Gasteiger partial charge is 0.469 e. The molecule has 76 valence electrons. The highest BCUT2D eigenvalue weighted by Crippen LogP contribution is 2.46. The van der Waals surface area contributed by atoms with Crippen LogP contribution >= 0.6 is 0 Å². The normalized spacial score (nSPS) is 33.3. The van der Waals surface area contributed by atoms with Gasteiger partial charge in [-0.05, 0) is 30.6 Å². The molecule has 0 bridgehead atoms. The summed E-state index contributed by atoms with van der Waals surface area (Å²) < 4.78 is 4.74. The minimum atomic E-state index is -0.0454. The summed E-state index contributed by atoms with van der Waals surface area (Å²) in [6.07, 6.45) is 5.37. The molecule has 1 rings (SSSR count). The first kappa shape index (κ1) is 10.6. The van der Waals surface area contributed by atoms with E-state index in [1.54, 1.807) is 0 Å². The quantitative estimate of drug-likeness (QED) is 0.630. The molecule has 2 atom stereocenters. The average Bonchev–Trinajstić information content (AvgIpc) is 2.48. The molecular formula is C11H20O2. The van der Waals surface area contributed by atoms with E-state index >= 15 is 0 Å². The van der Waals surface area contributed by atoms with Crippen LogP contribution in [0.1, 0.15) is 46.0 Å². The lowest BCUT2D eigenvalue weighted by Crippen LogP contribution is -2.21. The third-order valence-corrected chi connectivity index (χ3v) is 3.45. The number of hydrogen-bond donors (Lipinski definition) is 0. The molecule has 0 N–H and O–H groups in total. The molecule has 0 aromatic carbocycles. The smallest absolute Gasteiger partial charge is 0.306 e. The van der Waals surface area contributed by atoms with Gasteiger partial charge in [0.25, 0.3) is 0 Å². The minimum Gasteiger partial charge on any atom is -0.469 e. The van der Waals surface area contributed by atoms with Gasteiger partial charge in [-0.3, -0.25) is 4.79 Å². The third kappa shape index (κ3) is 2.45. The monoisotopic (exact) mass is 184 g/mol. The highest BCUT2D eigenvalue weighted by Gasteiger charge is 2.37. The van der Waals surface area contributed by atoms with E-state index < -0.39 is 0 Å². The molecule has 1 fully saturated rings. The Kier molecular flexibility index (Phi) is 3.34. The maximum absolute atomic E-state index is 11.2. The second-order valence-electron chi connectivity index (χ2n) is 4.45. The number of carbonyl (C=O) groups is 1. The molecular weight excluding hydrogens is 164 g/mol. The van der Waals surface area contributed by atoms with Crippen molar-refractivity contribution in [3.8, 4) is 0 Å². The van der Waals surface area contributed by atoms with Gasteiger partial charge in [0.05, 0.1) is 13.5 Å². The van der Waals surface area contributed by atoms with Crippen LogP contribution < -0.4 is 0 Å². The number of methoxy groups -OCH3 is 1. The Labute approximate surface area is 80.7 Å². The van der Waals surface area contributed by atoms with E-state index in [-0.39, 0.29) is 11.4 Å². The maximum Gasteiger partial charge on any atom is 0.306 e. The van der Waals surface area contributed by atoms with Crippen LogP contribution in [0.3, 0.4) is 0 Å². The Morgan fingerprint density at radius 1 is 1.62 bits per heavy atom. The van der Waals surface area contributed by atoms with Gasteiger partial charge in [-0.15, -0.1) is 0 Å². The van der Waals surface area contributed by atoms with Crippen LogP contribution in [0.25, 0.3) is 0 Å². The van der Waals surface area contributed by atoms with E-state index in [1.807, 2.05) is 0 Å². The van der Waals surface area contributed by atoms with Crippen LogP contribution in [-0.4, -0.2) is 13.1 Å². The third-order valence-electron chi connectivity index (χ3n) is 3.45. The van der Waals surface area contributed by atoms with Crippen molar-refractivity contribution in [3.05, 3.63) is 0 Å². The summed E-state index contributed by atoms with van der Waals surface area (Å²) in [5.41, 5.74) is 0.256. The van der Waals surface area contributed by atoms with Gasteiger partial charge in [-0.25, -0.2) is 0 Å². The van der Waals surface area contributed by atoms with Gasteiger partial charge in [0, 0.05) is 0 Å². The van der Waals surface area contributed by atoms with Gasteiger partial charge in [0.2, 0.25) is 0 Å². The SMILES string of the molecule is CC[C@]1(CC(=O)OC)CCC(C)C1. The van der Waals surface area contributed by atoms with E-state index in [9.17, 15) is 4.79 Å². The van der Waals surface area contributed by atoms with Gasteiger partial charge in [0.1, 0.15) is 0 Å². The second-order valence-corrected chi connectivity index (χ2v) is 4.45. The number of hydrogen-bond acceptors (Lipinski definition) is 2. The molecule has 1 unspecified atom stereocenters. The molecule has 2 nitrogen and oxygen atoms in total. The first-order valence-electron chi connectivity index (χ1n) is 5.19. The summed E-state index contributed by atoms with van der Waals surface area (Å²) >= 11 is 0.